The smallest absolute Gasteiger partial charge is 0.254 e. The minimum Gasteiger partial charge on any atom is -0.335 e. The molecular formula is C17H19ClN2O3S. The van der Waals surface area contributed by atoms with E-state index in [2.05, 4.69) is 4.72 Å². The number of nitrogens with one attached hydrogen (secondary N) is 1. The molecule has 0 aliphatic carbocycles. The Morgan fingerprint density at radius 2 is 1.79 bits per heavy atom. The number of amides is 1. The topological polar surface area (TPSA) is 66.5 Å². The molecule has 1 atom stereocenters. The van der Waals surface area contributed by atoms with Crippen LogP contribution in [0.5, 0.6) is 0 Å². The van der Waals surface area contributed by atoms with Crippen LogP contribution in [0.3, 0.4) is 0 Å². The number of sulfonamides is 1. The van der Waals surface area contributed by atoms with Crippen LogP contribution in [-0.4, -0.2) is 32.5 Å². The Labute approximate surface area is 147 Å². The molecule has 0 aliphatic heterocycles. The van der Waals surface area contributed by atoms with Gasteiger partial charge in [-0.25, -0.2) is 8.42 Å². The third-order valence-corrected chi connectivity index (χ3v) is 4.52. The Hall–Kier alpha value is -2.05. The number of anilines is 1. The highest BCUT2D eigenvalue weighted by Gasteiger charge is 2.19. The zero-order valence-corrected chi connectivity index (χ0v) is 15.2. The van der Waals surface area contributed by atoms with E-state index in [0.29, 0.717) is 16.3 Å². The summed E-state index contributed by atoms with van der Waals surface area (Å²) in [5, 5.41) is 0.638. The summed E-state index contributed by atoms with van der Waals surface area (Å²) in [5.41, 5.74) is 1.73. The minimum absolute atomic E-state index is 0.152. The number of carbonyl (C=O) groups excluding carboxylic acids is 1. The lowest BCUT2D eigenvalue weighted by atomic mass is 10.1. The van der Waals surface area contributed by atoms with Crippen LogP contribution < -0.4 is 4.72 Å². The van der Waals surface area contributed by atoms with E-state index in [1.807, 2.05) is 19.1 Å². The quantitative estimate of drug-likeness (QED) is 0.880. The zero-order chi connectivity index (χ0) is 17.9. The van der Waals surface area contributed by atoms with Crippen molar-refractivity contribution in [2.75, 3.05) is 18.0 Å². The number of carbonyl (C=O) groups is 1. The summed E-state index contributed by atoms with van der Waals surface area (Å²) in [6.45, 7) is 1.92. The SMILES string of the molecule is CC(c1ccc(Cl)cc1)N(C)C(=O)c1cccc(NS(C)(=O)=O)c1. The van der Waals surface area contributed by atoms with Crippen molar-refractivity contribution >= 4 is 33.2 Å². The third kappa shape index (κ3) is 4.72. The lowest BCUT2D eigenvalue weighted by Crippen LogP contribution is -2.29. The van der Waals surface area contributed by atoms with Gasteiger partial charge in [0.2, 0.25) is 10.0 Å². The fourth-order valence-electron chi connectivity index (χ4n) is 2.27. The summed E-state index contributed by atoms with van der Waals surface area (Å²) in [5.74, 6) is -0.199. The molecule has 2 rings (SSSR count). The Balaban J connectivity index is 2.21. The molecule has 0 radical (unpaired) electrons. The summed E-state index contributed by atoms with van der Waals surface area (Å²) < 4.78 is 25.0. The van der Waals surface area contributed by atoms with E-state index in [-0.39, 0.29) is 11.9 Å². The monoisotopic (exact) mass is 366 g/mol. The molecule has 0 heterocycles. The van der Waals surface area contributed by atoms with E-state index in [4.69, 9.17) is 11.6 Å². The first-order valence-electron chi connectivity index (χ1n) is 7.28. The van der Waals surface area contributed by atoms with Gasteiger partial charge >= 0.3 is 0 Å². The first-order chi connectivity index (χ1) is 11.2. The van der Waals surface area contributed by atoms with E-state index >= 15 is 0 Å². The summed E-state index contributed by atoms with van der Waals surface area (Å²) in [6.07, 6.45) is 1.07. The maximum Gasteiger partial charge on any atom is 0.254 e. The Bertz CT molecular complexity index is 835. The van der Waals surface area contributed by atoms with Crippen molar-refractivity contribution in [2.24, 2.45) is 0 Å². The summed E-state index contributed by atoms with van der Waals surface area (Å²) in [7, 11) is -1.68. The molecule has 128 valence electrons. The second-order valence-corrected chi connectivity index (χ2v) is 7.78. The highest BCUT2D eigenvalue weighted by atomic mass is 35.5. The van der Waals surface area contributed by atoms with Crippen LogP contribution in [0.1, 0.15) is 28.9 Å². The first-order valence-corrected chi connectivity index (χ1v) is 9.55. The van der Waals surface area contributed by atoms with Gasteiger partial charge in [-0.3, -0.25) is 9.52 Å². The van der Waals surface area contributed by atoms with E-state index in [0.717, 1.165) is 11.8 Å². The van der Waals surface area contributed by atoms with E-state index < -0.39 is 10.0 Å². The normalized spacial score (nSPS) is 12.5. The van der Waals surface area contributed by atoms with Crippen molar-refractivity contribution in [3.05, 3.63) is 64.7 Å². The van der Waals surface area contributed by atoms with Gasteiger partial charge in [0.1, 0.15) is 0 Å². The molecule has 0 spiro atoms. The van der Waals surface area contributed by atoms with Crippen LogP contribution in [0.2, 0.25) is 5.02 Å². The minimum atomic E-state index is -3.39. The van der Waals surface area contributed by atoms with Gasteiger partial charge in [0.25, 0.3) is 5.91 Å². The van der Waals surface area contributed by atoms with Gasteiger partial charge in [-0.05, 0) is 42.8 Å². The molecule has 0 aromatic heterocycles. The van der Waals surface area contributed by atoms with Crippen molar-refractivity contribution < 1.29 is 13.2 Å². The fraction of sp³-hybridized carbons (Fsp3) is 0.235. The van der Waals surface area contributed by atoms with E-state index in [1.54, 1.807) is 42.3 Å². The van der Waals surface area contributed by atoms with Crippen molar-refractivity contribution in [1.82, 2.24) is 4.90 Å². The maximum absolute atomic E-state index is 12.7. The molecule has 24 heavy (non-hydrogen) atoms. The van der Waals surface area contributed by atoms with Gasteiger partial charge in [-0.2, -0.15) is 0 Å². The van der Waals surface area contributed by atoms with Gasteiger partial charge in [0, 0.05) is 23.3 Å². The van der Waals surface area contributed by atoms with Crippen LogP contribution in [0.15, 0.2) is 48.5 Å². The molecule has 5 nitrogen and oxygen atoms in total. The van der Waals surface area contributed by atoms with Gasteiger partial charge in [-0.1, -0.05) is 29.8 Å². The van der Waals surface area contributed by atoms with Gasteiger partial charge in [0.15, 0.2) is 0 Å². The molecule has 0 bridgehead atoms. The van der Waals surface area contributed by atoms with Crippen LogP contribution in [0.4, 0.5) is 5.69 Å². The molecule has 7 heteroatoms. The standard InChI is InChI=1S/C17H19ClN2O3S/c1-12(13-7-9-15(18)10-8-13)20(2)17(21)14-5-4-6-16(11-14)19-24(3,22)23/h4-12,19H,1-3H3. The van der Waals surface area contributed by atoms with Gasteiger partial charge in [0.05, 0.1) is 12.3 Å². The molecular weight excluding hydrogens is 348 g/mol. The summed E-state index contributed by atoms with van der Waals surface area (Å²) >= 11 is 5.89. The highest BCUT2D eigenvalue weighted by molar-refractivity contribution is 7.92. The highest BCUT2D eigenvalue weighted by Crippen LogP contribution is 2.23. The molecule has 1 N–H and O–H groups in total. The Kier molecular flexibility index (Phi) is 5.51. The Morgan fingerprint density at radius 3 is 2.38 bits per heavy atom. The number of rotatable bonds is 5. The number of hydrogen-bond acceptors (Lipinski definition) is 3. The van der Waals surface area contributed by atoms with Crippen LogP contribution in [0, 0.1) is 0 Å². The second-order valence-electron chi connectivity index (χ2n) is 5.60. The van der Waals surface area contributed by atoms with Crippen LogP contribution in [0.25, 0.3) is 0 Å². The molecule has 0 saturated carbocycles. The predicted molar refractivity (Wildman–Crippen MR) is 96.9 cm³/mol. The molecule has 0 aliphatic rings. The maximum atomic E-state index is 12.7. The lowest BCUT2D eigenvalue weighted by molar-refractivity contribution is 0.0742. The number of nitrogens with zero attached hydrogens (tertiary/aromatic N) is 1. The largest absolute Gasteiger partial charge is 0.335 e. The molecule has 2 aromatic carbocycles. The summed E-state index contributed by atoms with van der Waals surface area (Å²) in [4.78, 5) is 14.3. The second kappa shape index (κ2) is 7.23. The average Bonchev–Trinajstić information content (AvgIpc) is 2.52. The molecule has 0 saturated heterocycles. The van der Waals surface area contributed by atoms with E-state index in [1.165, 1.54) is 6.07 Å². The van der Waals surface area contributed by atoms with E-state index in [9.17, 15) is 13.2 Å². The van der Waals surface area contributed by atoms with Crippen molar-refractivity contribution in [2.45, 2.75) is 13.0 Å². The van der Waals surface area contributed by atoms with Crippen LogP contribution in [-0.2, 0) is 10.0 Å². The van der Waals surface area contributed by atoms with Crippen molar-refractivity contribution in [3.63, 3.8) is 0 Å². The molecule has 1 unspecified atom stereocenters. The van der Waals surface area contributed by atoms with Crippen molar-refractivity contribution in [3.8, 4) is 0 Å². The molecule has 1 amide bonds. The number of hydrogen-bond donors (Lipinski definition) is 1. The molecule has 0 fully saturated rings. The first kappa shape index (κ1) is 18.3. The molecule has 2 aromatic rings. The lowest BCUT2D eigenvalue weighted by Gasteiger charge is -2.25. The third-order valence-electron chi connectivity index (χ3n) is 3.67. The predicted octanol–water partition coefficient (Wildman–Crippen LogP) is 3.54. The number of halogens is 1. The zero-order valence-electron chi connectivity index (χ0n) is 13.7. The summed E-state index contributed by atoms with van der Waals surface area (Å²) in [6, 6.07) is 13.6. The van der Waals surface area contributed by atoms with Gasteiger partial charge < -0.3 is 4.90 Å². The van der Waals surface area contributed by atoms with Gasteiger partial charge in [-0.15, -0.1) is 0 Å². The fourth-order valence-corrected chi connectivity index (χ4v) is 2.96. The van der Waals surface area contributed by atoms with Crippen LogP contribution >= 0.6 is 11.6 Å². The Morgan fingerprint density at radius 1 is 1.17 bits per heavy atom. The number of benzene rings is 2. The van der Waals surface area contributed by atoms with Crippen molar-refractivity contribution in [1.29, 1.82) is 0 Å². The average molecular weight is 367 g/mol.